The van der Waals surface area contributed by atoms with Crippen molar-refractivity contribution >= 4 is 17.8 Å². The maximum absolute atomic E-state index is 11.3. The van der Waals surface area contributed by atoms with Crippen molar-refractivity contribution < 1.29 is 29.0 Å². The second kappa shape index (κ2) is 7.58. The lowest BCUT2D eigenvalue weighted by molar-refractivity contribution is -0.149. The van der Waals surface area contributed by atoms with Crippen LogP contribution < -0.4 is 11.1 Å². The zero-order chi connectivity index (χ0) is 13.4. The Labute approximate surface area is 98.1 Å². The van der Waals surface area contributed by atoms with Gasteiger partial charge in [-0.3, -0.25) is 4.79 Å². The number of nitrogens with one attached hydrogen (secondary N) is 1. The van der Waals surface area contributed by atoms with Crippen LogP contribution >= 0.6 is 0 Å². The lowest BCUT2D eigenvalue weighted by atomic mass is 10.3. The fraction of sp³-hybridized carbons (Fsp3) is 0.667. The average Bonchev–Trinajstić information content (AvgIpc) is 2.28. The highest BCUT2D eigenvalue weighted by atomic mass is 16.5. The number of carboxylic acid groups (broad SMARTS) is 1. The summed E-state index contributed by atoms with van der Waals surface area (Å²) in [4.78, 5) is 32.9. The van der Waals surface area contributed by atoms with Gasteiger partial charge in [0.1, 0.15) is 0 Å². The van der Waals surface area contributed by atoms with Crippen molar-refractivity contribution in [3.63, 3.8) is 0 Å². The van der Waals surface area contributed by atoms with Gasteiger partial charge in [-0.1, -0.05) is 0 Å². The number of esters is 1. The Kier molecular flexibility index (Phi) is 6.83. The van der Waals surface area contributed by atoms with Crippen LogP contribution in [0.15, 0.2) is 0 Å². The first-order chi connectivity index (χ1) is 7.93. The molecule has 0 fully saturated rings. The van der Waals surface area contributed by atoms with Gasteiger partial charge in [0.25, 0.3) is 0 Å². The van der Waals surface area contributed by atoms with Crippen LogP contribution in [0.2, 0.25) is 0 Å². The van der Waals surface area contributed by atoms with Gasteiger partial charge in [0.15, 0.2) is 12.1 Å². The Bertz CT molecular complexity index is 293. The molecule has 4 N–H and O–H groups in total. The summed E-state index contributed by atoms with van der Waals surface area (Å²) in [6.45, 7) is 1.40. The van der Waals surface area contributed by atoms with Gasteiger partial charge in [-0.05, 0) is 6.92 Å². The molecule has 0 spiro atoms. The van der Waals surface area contributed by atoms with Gasteiger partial charge in [0.2, 0.25) is 5.91 Å². The standard InChI is InChI=1S/C9H16N2O6/c1-3-17-9(15)6(10)7(12)11-4-5(16-2)8(13)14/h5-6H,3-4,10H2,1-2H3,(H,11,12)(H,13,14). The fourth-order valence-corrected chi connectivity index (χ4v) is 0.914. The number of methoxy groups -OCH3 is 1. The molecule has 8 heteroatoms. The molecule has 0 radical (unpaired) electrons. The van der Waals surface area contributed by atoms with Crippen LogP contribution in [0.3, 0.4) is 0 Å². The Morgan fingerprint density at radius 2 is 2.00 bits per heavy atom. The van der Waals surface area contributed by atoms with E-state index in [1.165, 1.54) is 7.11 Å². The lowest BCUT2D eigenvalue weighted by Gasteiger charge is -2.14. The van der Waals surface area contributed by atoms with E-state index in [-0.39, 0.29) is 13.2 Å². The van der Waals surface area contributed by atoms with Gasteiger partial charge >= 0.3 is 11.9 Å². The maximum atomic E-state index is 11.3. The average molecular weight is 248 g/mol. The predicted octanol–water partition coefficient (Wildman–Crippen LogP) is -1.91. The highest BCUT2D eigenvalue weighted by Crippen LogP contribution is 1.90. The van der Waals surface area contributed by atoms with Crippen molar-refractivity contribution in [3.05, 3.63) is 0 Å². The minimum absolute atomic E-state index is 0.107. The molecule has 0 aromatic rings. The third kappa shape index (κ3) is 5.27. The van der Waals surface area contributed by atoms with E-state index in [1.807, 2.05) is 0 Å². The Morgan fingerprint density at radius 1 is 1.41 bits per heavy atom. The minimum Gasteiger partial charge on any atom is -0.479 e. The van der Waals surface area contributed by atoms with Crippen molar-refractivity contribution in [1.29, 1.82) is 0 Å². The maximum Gasteiger partial charge on any atom is 0.334 e. The van der Waals surface area contributed by atoms with Gasteiger partial charge in [-0.2, -0.15) is 0 Å². The zero-order valence-electron chi connectivity index (χ0n) is 9.63. The molecule has 2 unspecified atom stereocenters. The molecule has 0 aliphatic carbocycles. The predicted molar refractivity (Wildman–Crippen MR) is 56.1 cm³/mol. The molecule has 2 atom stereocenters. The largest absolute Gasteiger partial charge is 0.479 e. The van der Waals surface area contributed by atoms with Crippen LogP contribution in [0.4, 0.5) is 0 Å². The van der Waals surface area contributed by atoms with E-state index in [4.69, 9.17) is 10.8 Å². The molecule has 0 aromatic carbocycles. The molecule has 17 heavy (non-hydrogen) atoms. The number of carbonyl (C=O) groups is 3. The van der Waals surface area contributed by atoms with E-state index in [2.05, 4.69) is 14.8 Å². The summed E-state index contributed by atoms with van der Waals surface area (Å²) < 4.78 is 9.11. The van der Waals surface area contributed by atoms with Crippen molar-refractivity contribution in [1.82, 2.24) is 5.32 Å². The van der Waals surface area contributed by atoms with Gasteiger partial charge in [0.05, 0.1) is 13.2 Å². The molecule has 0 heterocycles. The first-order valence-electron chi connectivity index (χ1n) is 4.89. The van der Waals surface area contributed by atoms with Crippen LogP contribution in [0.25, 0.3) is 0 Å². The van der Waals surface area contributed by atoms with Crippen molar-refractivity contribution in [2.45, 2.75) is 19.1 Å². The Morgan fingerprint density at radius 3 is 2.41 bits per heavy atom. The summed E-state index contributed by atoms with van der Waals surface area (Å²) in [5, 5.41) is 10.8. The summed E-state index contributed by atoms with van der Waals surface area (Å²) >= 11 is 0. The normalized spacial score (nSPS) is 13.6. The third-order valence-electron chi connectivity index (χ3n) is 1.84. The van der Waals surface area contributed by atoms with Crippen LogP contribution in [0, 0.1) is 0 Å². The van der Waals surface area contributed by atoms with E-state index in [0.29, 0.717) is 0 Å². The molecule has 0 saturated heterocycles. The molecule has 8 nitrogen and oxygen atoms in total. The molecule has 98 valence electrons. The second-order valence-electron chi connectivity index (χ2n) is 3.04. The number of carbonyl (C=O) groups excluding carboxylic acids is 2. The summed E-state index contributed by atoms with van der Waals surface area (Å²) in [6, 6.07) is -1.47. The van der Waals surface area contributed by atoms with Crippen LogP contribution in [0.1, 0.15) is 6.92 Å². The molecule has 0 rings (SSSR count). The number of aliphatic carboxylic acids is 1. The fourth-order valence-electron chi connectivity index (χ4n) is 0.914. The van der Waals surface area contributed by atoms with Crippen LogP contribution in [-0.4, -0.2) is 55.4 Å². The zero-order valence-corrected chi connectivity index (χ0v) is 9.63. The van der Waals surface area contributed by atoms with E-state index in [1.54, 1.807) is 6.92 Å². The number of carboxylic acids is 1. The Hall–Kier alpha value is -1.67. The number of rotatable bonds is 7. The van der Waals surface area contributed by atoms with Crippen molar-refractivity contribution in [2.75, 3.05) is 20.3 Å². The molecular weight excluding hydrogens is 232 g/mol. The topological polar surface area (TPSA) is 128 Å². The summed E-state index contributed by atoms with van der Waals surface area (Å²) in [5.41, 5.74) is 5.28. The quantitative estimate of drug-likeness (QED) is 0.354. The molecular formula is C9H16N2O6. The minimum atomic E-state index is -1.47. The SMILES string of the molecule is CCOC(=O)C(N)C(=O)NCC(OC)C(=O)O. The van der Waals surface area contributed by atoms with E-state index >= 15 is 0 Å². The van der Waals surface area contributed by atoms with Gasteiger partial charge in [0, 0.05) is 7.11 Å². The van der Waals surface area contributed by atoms with Gasteiger partial charge in [-0.15, -0.1) is 0 Å². The smallest absolute Gasteiger partial charge is 0.334 e. The molecule has 0 bridgehead atoms. The number of nitrogens with two attached hydrogens (primary N) is 1. The van der Waals surface area contributed by atoms with Crippen LogP contribution in [0.5, 0.6) is 0 Å². The number of hydrogen-bond acceptors (Lipinski definition) is 6. The number of ether oxygens (including phenoxy) is 2. The third-order valence-corrected chi connectivity index (χ3v) is 1.84. The number of amides is 1. The van der Waals surface area contributed by atoms with Gasteiger partial charge in [-0.25, -0.2) is 9.59 Å². The molecule has 1 amide bonds. The van der Waals surface area contributed by atoms with E-state index < -0.39 is 30.0 Å². The lowest BCUT2D eigenvalue weighted by Crippen LogP contribution is -2.49. The van der Waals surface area contributed by atoms with Crippen molar-refractivity contribution in [2.24, 2.45) is 5.73 Å². The highest BCUT2D eigenvalue weighted by molar-refractivity contribution is 6.01. The molecule has 0 aromatic heterocycles. The monoisotopic (exact) mass is 248 g/mol. The summed E-state index contributed by atoms with van der Waals surface area (Å²) in [7, 11) is 1.19. The number of hydrogen-bond donors (Lipinski definition) is 3. The molecule has 0 saturated carbocycles. The summed E-state index contributed by atoms with van der Waals surface area (Å²) in [6.07, 6.45) is -1.19. The Balaban J connectivity index is 4.17. The van der Waals surface area contributed by atoms with Crippen molar-refractivity contribution in [3.8, 4) is 0 Å². The molecule has 0 aliphatic rings. The summed E-state index contributed by atoms with van der Waals surface area (Å²) in [5.74, 6) is -2.90. The van der Waals surface area contributed by atoms with E-state index in [0.717, 1.165) is 0 Å². The highest BCUT2D eigenvalue weighted by Gasteiger charge is 2.25. The van der Waals surface area contributed by atoms with E-state index in [9.17, 15) is 14.4 Å². The second-order valence-corrected chi connectivity index (χ2v) is 3.04. The first kappa shape index (κ1) is 15.3. The molecule has 0 aliphatic heterocycles. The first-order valence-corrected chi connectivity index (χ1v) is 4.89. The van der Waals surface area contributed by atoms with Crippen LogP contribution in [-0.2, 0) is 23.9 Å². The van der Waals surface area contributed by atoms with Gasteiger partial charge < -0.3 is 25.6 Å².